The van der Waals surface area contributed by atoms with Gasteiger partial charge in [0, 0.05) is 38.9 Å². The van der Waals surface area contributed by atoms with Crippen molar-refractivity contribution in [3.8, 4) is 94.7 Å². The molecule has 0 bridgehead atoms. The summed E-state index contributed by atoms with van der Waals surface area (Å²) in [5, 5.41) is 2.43. The summed E-state index contributed by atoms with van der Waals surface area (Å²) in [6, 6.07) is 116. The number of hydrogen-bond donors (Lipinski definition) is 0. The van der Waals surface area contributed by atoms with Crippen LogP contribution in [0.15, 0.2) is 315 Å². The first-order valence-corrected chi connectivity index (χ1v) is 28.8. The van der Waals surface area contributed by atoms with Crippen LogP contribution in [0.5, 0.6) is 0 Å². The van der Waals surface area contributed by atoms with Crippen LogP contribution in [-0.2, 0) is 5.41 Å². The van der Waals surface area contributed by atoms with E-state index in [1.165, 1.54) is 111 Å². The maximum Gasteiger partial charge on any atom is 0.0541 e. The van der Waals surface area contributed by atoms with Crippen LogP contribution < -0.4 is 4.90 Å². The Hall–Kier alpha value is -10.5. The SMILES string of the molecule is CC1(C)c2ccccc2-c2cc(N(c3ccc(-c4ccc(-n5c6ccc(-c7cccc(-c8ccccc8)c7)cc6c6cc(-c7cccc(-c8ccccc8)c7)ccc65)cc4)cc3)c3cc(-c4ccccc4)cc(-c4ccccc4)c3)ccc21. The van der Waals surface area contributed by atoms with E-state index in [9.17, 15) is 0 Å². The molecule has 0 saturated carbocycles. The Labute approximate surface area is 486 Å². The summed E-state index contributed by atoms with van der Waals surface area (Å²) in [5.74, 6) is 0. The van der Waals surface area contributed by atoms with E-state index in [-0.39, 0.29) is 5.41 Å². The predicted octanol–water partition coefficient (Wildman–Crippen LogP) is 22.2. The highest BCUT2D eigenvalue weighted by Crippen LogP contribution is 2.51. The molecule has 14 aromatic rings. The minimum Gasteiger partial charge on any atom is -0.310 e. The Morgan fingerprint density at radius 3 is 1.11 bits per heavy atom. The van der Waals surface area contributed by atoms with Crippen molar-refractivity contribution in [1.82, 2.24) is 4.57 Å². The van der Waals surface area contributed by atoms with Gasteiger partial charge in [0.25, 0.3) is 0 Å². The summed E-state index contributed by atoms with van der Waals surface area (Å²) < 4.78 is 2.44. The molecule has 1 aliphatic carbocycles. The van der Waals surface area contributed by atoms with Gasteiger partial charge < -0.3 is 9.47 Å². The second-order valence-electron chi connectivity index (χ2n) is 22.5. The van der Waals surface area contributed by atoms with Gasteiger partial charge in [0.2, 0.25) is 0 Å². The Kier molecular flexibility index (Phi) is 12.2. The maximum absolute atomic E-state index is 2.44. The molecule has 0 aliphatic heterocycles. The third-order valence-corrected chi connectivity index (χ3v) is 17.2. The molecule has 0 spiro atoms. The van der Waals surface area contributed by atoms with Gasteiger partial charge in [0.1, 0.15) is 0 Å². The topological polar surface area (TPSA) is 8.17 Å². The highest BCUT2D eigenvalue weighted by Gasteiger charge is 2.35. The number of rotatable bonds is 11. The van der Waals surface area contributed by atoms with Crippen LogP contribution in [0.25, 0.3) is 117 Å². The fourth-order valence-corrected chi connectivity index (χ4v) is 12.9. The zero-order valence-corrected chi connectivity index (χ0v) is 46.4. The van der Waals surface area contributed by atoms with Gasteiger partial charge in [-0.25, -0.2) is 0 Å². The van der Waals surface area contributed by atoms with Crippen LogP contribution in [0, 0.1) is 0 Å². The van der Waals surface area contributed by atoms with Crippen LogP contribution in [0.4, 0.5) is 17.1 Å². The molecule has 0 N–H and O–H groups in total. The van der Waals surface area contributed by atoms with Crippen molar-refractivity contribution in [3.63, 3.8) is 0 Å². The number of nitrogens with zero attached hydrogens (tertiary/aromatic N) is 2. The summed E-state index contributed by atoms with van der Waals surface area (Å²) in [7, 11) is 0. The van der Waals surface area contributed by atoms with Crippen LogP contribution in [0.3, 0.4) is 0 Å². The highest BCUT2D eigenvalue weighted by atomic mass is 15.1. The van der Waals surface area contributed by atoms with E-state index in [4.69, 9.17) is 0 Å². The molecule has 2 heteroatoms. The number of anilines is 3. The second kappa shape index (κ2) is 20.5. The van der Waals surface area contributed by atoms with Gasteiger partial charge in [0.15, 0.2) is 0 Å². The smallest absolute Gasteiger partial charge is 0.0541 e. The summed E-state index contributed by atoms with van der Waals surface area (Å²) in [4.78, 5) is 2.44. The van der Waals surface area contributed by atoms with E-state index >= 15 is 0 Å². The minimum atomic E-state index is -0.0962. The molecule has 0 fully saturated rings. The van der Waals surface area contributed by atoms with E-state index in [1.54, 1.807) is 0 Å². The Balaban J connectivity index is 0.824. The summed E-state index contributed by atoms with van der Waals surface area (Å²) in [5.41, 5.74) is 28.6. The Morgan fingerprint density at radius 2 is 0.602 bits per heavy atom. The molecule has 0 radical (unpaired) electrons. The highest BCUT2D eigenvalue weighted by molar-refractivity contribution is 6.12. The van der Waals surface area contributed by atoms with Crippen molar-refractivity contribution in [3.05, 3.63) is 327 Å². The molecule has 392 valence electrons. The van der Waals surface area contributed by atoms with Gasteiger partial charge in [-0.3, -0.25) is 0 Å². The van der Waals surface area contributed by atoms with E-state index in [0.29, 0.717) is 0 Å². The van der Waals surface area contributed by atoms with Gasteiger partial charge in [-0.1, -0.05) is 238 Å². The number of benzene rings is 13. The molecular weight excluding hydrogens is 1000 g/mol. The quantitative estimate of drug-likeness (QED) is 0.125. The molecule has 0 saturated heterocycles. The lowest BCUT2D eigenvalue weighted by Gasteiger charge is -2.28. The third-order valence-electron chi connectivity index (χ3n) is 17.2. The number of aromatic nitrogens is 1. The first-order valence-electron chi connectivity index (χ1n) is 28.8. The first-order chi connectivity index (χ1) is 40.9. The molecule has 1 heterocycles. The average molecular weight is 1060 g/mol. The zero-order valence-electron chi connectivity index (χ0n) is 46.4. The molecular formula is C81H58N2. The minimum absolute atomic E-state index is 0.0962. The normalized spacial score (nSPS) is 12.3. The van der Waals surface area contributed by atoms with Crippen molar-refractivity contribution in [2.24, 2.45) is 0 Å². The van der Waals surface area contributed by atoms with Gasteiger partial charge in [-0.05, 0) is 191 Å². The predicted molar refractivity (Wildman–Crippen MR) is 351 cm³/mol. The fraction of sp³-hybridized carbons (Fsp3) is 0.0370. The Bertz CT molecular complexity index is 4510. The third kappa shape index (κ3) is 9.02. The van der Waals surface area contributed by atoms with Gasteiger partial charge >= 0.3 is 0 Å². The summed E-state index contributed by atoms with van der Waals surface area (Å²) >= 11 is 0. The number of fused-ring (bicyclic) bond motifs is 6. The van der Waals surface area contributed by atoms with E-state index < -0.39 is 0 Å². The molecule has 2 nitrogen and oxygen atoms in total. The standard InChI is InChI=1S/C81H58N2/c1-81(2)77-32-16-15-31-73(77)74-54-71(43-44-78(74)81)82(72-50-67(57-23-11-5-12-24-57)49-68(51-72)58-25-13-6-14-26-58)69-39-33-59(34-40-69)60-35-41-70(42-36-60)83-79-45-37-65(63-29-17-27-61(47-63)55-19-7-3-8-20-55)52-75(79)76-53-66(38-46-80(76)83)64-30-18-28-62(48-64)56-21-9-4-10-22-56/h3-54H,1-2H3. The van der Waals surface area contributed by atoms with Crippen molar-refractivity contribution < 1.29 is 0 Å². The summed E-state index contributed by atoms with van der Waals surface area (Å²) in [6.45, 7) is 4.70. The monoisotopic (exact) mass is 1060 g/mol. The molecule has 0 amide bonds. The largest absolute Gasteiger partial charge is 0.310 e. The van der Waals surface area contributed by atoms with Crippen LogP contribution in [0.1, 0.15) is 25.0 Å². The Morgan fingerprint density at radius 1 is 0.241 bits per heavy atom. The lowest BCUT2D eigenvalue weighted by molar-refractivity contribution is 0.660. The van der Waals surface area contributed by atoms with Crippen molar-refractivity contribution >= 4 is 38.9 Å². The fourth-order valence-electron chi connectivity index (χ4n) is 12.9. The van der Waals surface area contributed by atoms with Crippen LogP contribution in [0.2, 0.25) is 0 Å². The average Bonchev–Trinajstić information content (AvgIpc) is 4.26. The molecule has 1 aromatic heterocycles. The molecule has 0 atom stereocenters. The summed E-state index contributed by atoms with van der Waals surface area (Å²) in [6.07, 6.45) is 0. The van der Waals surface area contributed by atoms with Crippen LogP contribution in [-0.4, -0.2) is 4.57 Å². The van der Waals surface area contributed by atoms with E-state index in [1.807, 2.05) is 0 Å². The lowest BCUT2D eigenvalue weighted by atomic mass is 9.82. The van der Waals surface area contributed by atoms with Gasteiger partial charge in [-0.2, -0.15) is 0 Å². The first kappa shape index (κ1) is 49.5. The molecule has 13 aromatic carbocycles. The van der Waals surface area contributed by atoms with Crippen LogP contribution >= 0.6 is 0 Å². The zero-order chi connectivity index (χ0) is 55.4. The molecule has 83 heavy (non-hydrogen) atoms. The molecule has 15 rings (SSSR count). The van der Waals surface area contributed by atoms with Gasteiger partial charge in [-0.15, -0.1) is 0 Å². The molecule has 0 unspecified atom stereocenters. The van der Waals surface area contributed by atoms with E-state index in [2.05, 4.69) is 339 Å². The number of hydrogen-bond acceptors (Lipinski definition) is 1. The van der Waals surface area contributed by atoms with Gasteiger partial charge in [0.05, 0.1) is 11.0 Å². The van der Waals surface area contributed by atoms with Crippen molar-refractivity contribution in [2.75, 3.05) is 4.90 Å². The molecule has 1 aliphatic rings. The lowest BCUT2D eigenvalue weighted by Crippen LogP contribution is -2.15. The van der Waals surface area contributed by atoms with Crippen molar-refractivity contribution in [2.45, 2.75) is 19.3 Å². The maximum atomic E-state index is 2.44. The van der Waals surface area contributed by atoms with E-state index in [0.717, 1.165) is 33.9 Å². The second-order valence-corrected chi connectivity index (χ2v) is 22.5. The van der Waals surface area contributed by atoms with Crippen molar-refractivity contribution in [1.29, 1.82) is 0 Å².